The summed E-state index contributed by atoms with van der Waals surface area (Å²) >= 11 is 0. The van der Waals surface area contributed by atoms with Crippen LogP contribution in [0.1, 0.15) is 26.7 Å². The predicted octanol–water partition coefficient (Wildman–Crippen LogP) is -2.30. The van der Waals surface area contributed by atoms with Gasteiger partial charge in [-0.05, 0) is 13.8 Å². The molecule has 0 heterocycles. The molecule has 10 N–H and O–H groups in total. The normalized spacial score (nSPS) is 22.0. The summed E-state index contributed by atoms with van der Waals surface area (Å²) in [6.45, 7) is 2.71. The summed E-state index contributed by atoms with van der Waals surface area (Å²) in [4.78, 5) is 0. The van der Waals surface area contributed by atoms with Crippen LogP contribution in [0.15, 0.2) is 0 Å². The Morgan fingerprint density at radius 3 is 1.50 bits per heavy atom. The Kier molecular flexibility index (Phi) is 7.83. The van der Waals surface area contributed by atoms with Crippen molar-refractivity contribution >= 4 is 0 Å². The van der Waals surface area contributed by atoms with Gasteiger partial charge in [0.05, 0.1) is 12.2 Å². The Hall–Kier alpha value is -0.320. The molecule has 0 aromatic carbocycles. The molecule has 0 aromatic rings. The van der Waals surface area contributed by atoms with E-state index >= 15 is 0 Å². The molecule has 4 unspecified atom stereocenters. The standard InChI is InChI=1S/C10H26N4O4/c1-6(11)17-8(13)3-10(16,5-15)4-9(14)18-7(2)12/h6-9,15-16H,3-5,11-14H2,1-2H3. The van der Waals surface area contributed by atoms with E-state index in [0.29, 0.717) is 0 Å². The third-order valence-corrected chi connectivity index (χ3v) is 2.24. The van der Waals surface area contributed by atoms with E-state index in [9.17, 15) is 10.2 Å². The number of ether oxygens (including phenoxy) is 2. The van der Waals surface area contributed by atoms with E-state index in [1.807, 2.05) is 0 Å². The van der Waals surface area contributed by atoms with Gasteiger partial charge in [0, 0.05) is 12.8 Å². The van der Waals surface area contributed by atoms with E-state index < -0.39 is 37.1 Å². The van der Waals surface area contributed by atoms with Crippen molar-refractivity contribution in [2.75, 3.05) is 6.61 Å². The molecule has 0 saturated carbocycles. The largest absolute Gasteiger partial charge is 0.393 e. The third-order valence-electron chi connectivity index (χ3n) is 2.24. The quantitative estimate of drug-likeness (QED) is 0.254. The fourth-order valence-electron chi connectivity index (χ4n) is 1.61. The van der Waals surface area contributed by atoms with Crippen molar-refractivity contribution in [1.82, 2.24) is 0 Å². The van der Waals surface area contributed by atoms with Crippen LogP contribution in [0.4, 0.5) is 0 Å². The first-order valence-corrected chi connectivity index (χ1v) is 5.85. The lowest BCUT2D eigenvalue weighted by molar-refractivity contribution is -0.113. The Balaban J connectivity index is 4.32. The predicted molar refractivity (Wildman–Crippen MR) is 66.7 cm³/mol. The van der Waals surface area contributed by atoms with E-state index in [1.165, 1.54) is 0 Å². The second kappa shape index (κ2) is 7.97. The topological polar surface area (TPSA) is 163 Å². The lowest BCUT2D eigenvalue weighted by Crippen LogP contribution is -2.48. The maximum absolute atomic E-state index is 10.1. The first kappa shape index (κ1) is 17.7. The molecule has 0 aliphatic carbocycles. The van der Waals surface area contributed by atoms with Gasteiger partial charge in [0.2, 0.25) is 0 Å². The molecule has 0 rings (SSSR count). The van der Waals surface area contributed by atoms with Crippen LogP contribution < -0.4 is 22.9 Å². The monoisotopic (exact) mass is 266 g/mol. The van der Waals surface area contributed by atoms with Crippen LogP contribution in [0.5, 0.6) is 0 Å². The van der Waals surface area contributed by atoms with Crippen molar-refractivity contribution in [2.45, 2.75) is 57.2 Å². The molecule has 110 valence electrons. The number of rotatable bonds is 9. The van der Waals surface area contributed by atoms with Gasteiger partial charge in [-0.25, -0.2) is 0 Å². The first-order valence-electron chi connectivity index (χ1n) is 5.85. The van der Waals surface area contributed by atoms with Gasteiger partial charge in [-0.15, -0.1) is 0 Å². The molecule has 0 aliphatic rings. The lowest BCUT2D eigenvalue weighted by Gasteiger charge is -2.31. The molecule has 4 atom stereocenters. The van der Waals surface area contributed by atoms with Gasteiger partial charge in [0.25, 0.3) is 0 Å². The van der Waals surface area contributed by atoms with Gasteiger partial charge in [-0.3, -0.25) is 0 Å². The van der Waals surface area contributed by atoms with Crippen molar-refractivity contribution in [3.05, 3.63) is 0 Å². The van der Waals surface area contributed by atoms with Crippen molar-refractivity contribution in [1.29, 1.82) is 0 Å². The van der Waals surface area contributed by atoms with E-state index in [4.69, 9.17) is 32.4 Å². The van der Waals surface area contributed by atoms with Gasteiger partial charge in [0.15, 0.2) is 0 Å². The smallest absolute Gasteiger partial charge is 0.110 e. The van der Waals surface area contributed by atoms with Crippen LogP contribution in [0, 0.1) is 0 Å². The van der Waals surface area contributed by atoms with Crippen LogP contribution in [0.25, 0.3) is 0 Å². The number of aliphatic hydroxyl groups is 2. The second-order valence-corrected chi connectivity index (χ2v) is 4.55. The number of hydrogen-bond donors (Lipinski definition) is 6. The summed E-state index contributed by atoms with van der Waals surface area (Å²) in [5.74, 6) is 0. The molecule has 0 fully saturated rings. The molecule has 0 spiro atoms. The number of nitrogens with two attached hydrogens (primary N) is 4. The molecular formula is C10H26N4O4. The van der Waals surface area contributed by atoms with Gasteiger partial charge in [-0.1, -0.05) is 0 Å². The SMILES string of the molecule is CC(N)OC(N)CC(O)(CO)CC(N)OC(C)N. The summed E-state index contributed by atoms with van der Waals surface area (Å²) in [6, 6.07) is 0. The minimum atomic E-state index is -1.50. The summed E-state index contributed by atoms with van der Waals surface area (Å²) in [5.41, 5.74) is 20.6. The summed E-state index contributed by atoms with van der Waals surface area (Å²) in [5, 5.41) is 19.4. The van der Waals surface area contributed by atoms with Crippen molar-refractivity contribution in [2.24, 2.45) is 22.9 Å². The number of hydrogen-bond acceptors (Lipinski definition) is 8. The van der Waals surface area contributed by atoms with Crippen molar-refractivity contribution in [3.8, 4) is 0 Å². The average molecular weight is 266 g/mol. The summed E-state index contributed by atoms with van der Waals surface area (Å²) in [6.07, 6.45) is -2.74. The molecule has 0 radical (unpaired) electrons. The molecule has 0 aromatic heterocycles. The third kappa shape index (κ3) is 7.90. The Bertz CT molecular complexity index is 210. The molecule has 0 aliphatic heterocycles. The van der Waals surface area contributed by atoms with Crippen molar-refractivity contribution in [3.63, 3.8) is 0 Å². The van der Waals surface area contributed by atoms with E-state index in [-0.39, 0.29) is 12.8 Å². The zero-order valence-corrected chi connectivity index (χ0v) is 11.0. The molecule has 0 saturated heterocycles. The highest BCUT2D eigenvalue weighted by molar-refractivity contribution is 4.82. The van der Waals surface area contributed by atoms with Crippen LogP contribution >= 0.6 is 0 Å². The van der Waals surface area contributed by atoms with E-state index in [2.05, 4.69) is 0 Å². The van der Waals surface area contributed by atoms with Crippen LogP contribution in [0.3, 0.4) is 0 Å². The Morgan fingerprint density at radius 2 is 1.28 bits per heavy atom. The Morgan fingerprint density at radius 1 is 0.944 bits per heavy atom. The zero-order chi connectivity index (χ0) is 14.3. The molecule has 8 heteroatoms. The van der Waals surface area contributed by atoms with Gasteiger partial charge in [0.1, 0.15) is 24.9 Å². The molecule has 0 amide bonds. The van der Waals surface area contributed by atoms with Crippen LogP contribution in [-0.4, -0.2) is 47.3 Å². The van der Waals surface area contributed by atoms with Crippen LogP contribution in [-0.2, 0) is 9.47 Å². The number of aliphatic hydroxyl groups excluding tert-OH is 1. The minimum absolute atomic E-state index is 0.0128. The Labute approximate surface area is 107 Å². The molecule has 0 bridgehead atoms. The summed E-state index contributed by atoms with van der Waals surface area (Å²) < 4.78 is 10.2. The lowest BCUT2D eigenvalue weighted by atomic mass is 9.95. The highest BCUT2D eigenvalue weighted by Gasteiger charge is 2.32. The first-order chi connectivity index (χ1) is 8.18. The highest BCUT2D eigenvalue weighted by Crippen LogP contribution is 2.19. The summed E-state index contributed by atoms with van der Waals surface area (Å²) in [7, 11) is 0. The van der Waals surface area contributed by atoms with Crippen molar-refractivity contribution < 1.29 is 19.7 Å². The van der Waals surface area contributed by atoms with Gasteiger partial charge < -0.3 is 42.6 Å². The highest BCUT2D eigenvalue weighted by atomic mass is 16.5. The zero-order valence-electron chi connectivity index (χ0n) is 11.0. The minimum Gasteiger partial charge on any atom is -0.393 e. The average Bonchev–Trinajstić information content (AvgIpc) is 2.13. The van der Waals surface area contributed by atoms with Crippen LogP contribution in [0.2, 0.25) is 0 Å². The molecule has 18 heavy (non-hydrogen) atoms. The fourth-order valence-corrected chi connectivity index (χ4v) is 1.61. The maximum atomic E-state index is 10.1. The fraction of sp³-hybridized carbons (Fsp3) is 1.00. The maximum Gasteiger partial charge on any atom is 0.110 e. The molecule has 8 nitrogen and oxygen atoms in total. The van der Waals surface area contributed by atoms with Gasteiger partial charge in [-0.2, -0.15) is 0 Å². The van der Waals surface area contributed by atoms with E-state index in [0.717, 1.165) is 0 Å². The van der Waals surface area contributed by atoms with Gasteiger partial charge >= 0.3 is 0 Å². The van der Waals surface area contributed by atoms with E-state index in [1.54, 1.807) is 13.8 Å². The second-order valence-electron chi connectivity index (χ2n) is 4.55. The molecular weight excluding hydrogens is 240 g/mol.